The Hall–Kier alpha value is -2.30. The number of carbonyl (C=O) groups excluding carboxylic acids is 1. The molecule has 0 unspecified atom stereocenters. The van der Waals surface area contributed by atoms with Crippen LogP contribution in [0.3, 0.4) is 0 Å². The van der Waals surface area contributed by atoms with E-state index in [2.05, 4.69) is 10.3 Å². The maximum absolute atomic E-state index is 12.1. The number of nitrogens with zero attached hydrogens (tertiary/aromatic N) is 1. The zero-order valence-electron chi connectivity index (χ0n) is 11.2. The first kappa shape index (κ1) is 14.6. The quantitative estimate of drug-likeness (QED) is 0.742. The number of carbonyl (C=O) groups is 1. The minimum absolute atomic E-state index is 0.0140. The van der Waals surface area contributed by atoms with Crippen LogP contribution in [0.5, 0.6) is 0 Å². The number of hydrogen-bond acceptors (Lipinski definition) is 3. The maximum Gasteiger partial charge on any atom is 0.311 e. The van der Waals surface area contributed by atoms with Crippen molar-refractivity contribution in [2.24, 2.45) is 0 Å². The highest BCUT2D eigenvalue weighted by atomic mass is 35.5. The first-order chi connectivity index (χ1) is 10.6. The Morgan fingerprint density at radius 2 is 1.55 bits per heavy atom. The third kappa shape index (κ3) is 3.30. The topological polar surface area (TPSA) is 55.1 Å². The van der Waals surface area contributed by atoms with E-state index in [1.54, 1.807) is 48.5 Å². The number of oxazole rings is 1. The normalized spacial score (nSPS) is 10.5. The molecule has 0 saturated carbocycles. The minimum Gasteiger partial charge on any atom is -0.432 e. The van der Waals surface area contributed by atoms with Gasteiger partial charge in [-0.15, -0.1) is 0 Å². The fourth-order valence-corrected chi connectivity index (χ4v) is 2.10. The molecule has 0 radical (unpaired) electrons. The summed E-state index contributed by atoms with van der Waals surface area (Å²) in [4.78, 5) is 16.1. The van der Waals surface area contributed by atoms with Crippen molar-refractivity contribution in [3.63, 3.8) is 0 Å². The van der Waals surface area contributed by atoms with Crippen LogP contribution < -0.4 is 5.32 Å². The molecule has 3 rings (SSSR count). The molecule has 1 heterocycles. The van der Waals surface area contributed by atoms with Crippen molar-refractivity contribution in [3.05, 3.63) is 70.7 Å². The molecule has 22 heavy (non-hydrogen) atoms. The van der Waals surface area contributed by atoms with Crippen LogP contribution in [-0.2, 0) is 0 Å². The van der Waals surface area contributed by atoms with Gasteiger partial charge in [0.15, 0.2) is 5.76 Å². The molecule has 0 fully saturated rings. The molecule has 0 atom stereocenters. The number of hydrogen-bond donors (Lipinski definition) is 1. The summed E-state index contributed by atoms with van der Waals surface area (Å²) in [6, 6.07) is 13.8. The summed E-state index contributed by atoms with van der Waals surface area (Å²) < 4.78 is 5.47. The first-order valence-corrected chi connectivity index (χ1v) is 7.16. The number of nitrogens with one attached hydrogen (secondary N) is 1. The molecule has 4 nitrogen and oxygen atoms in total. The molecule has 6 heteroatoms. The zero-order chi connectivity index (χ0) is 15.5. The average molecular weight is 333 g/mol. The van der Waals surface area contributed by atoms with Gasteiger partial charge < -0.3 is 9.73 Å². The highest BCUT2D eigenvalue weighted by molar-refractivity contribution is 6.30. The Bertz CT molecular complexity index is 796. The van der Waals surface area contributed by atoms with E-state index in [4.69, 9.17) is 27.6 Å². The Morgan fingerprint density at radius 3 is 2.18 bits per heavy atom. The van der Waals surface area contributed by atoms with Gasteiger partial charge in [-0.2, -0.15) is 0 Å². The van der Waals surface area contributed by atoms with Gasteiger partial charge in [-0.1, -0.05) is 23.2 Å². The van der Waals surface area contributed by atoms with Gasteiger partial charge in [0.1, 0.15) is 0 Å². The summed E-state index contributed by atoms with van der Waals surface area (Å²) in [6.07, 6.45) is 1.50. The molecule has 0 aliphatic rings. The monoisotopic (exact) mass is 332 g/mol. The second-order valence-electron chi connectivity index (χ2n) is 4.50. The SMILES string of the molecule is O=C(Nc1ccc(Cl)cc1)c1ncc(-c2ccc(Cl)cc2)o1. The van der Waals surface area contributed by atoms with E-state index >= 15 is 0 Å². The van der Waals surface area contributed by atoms with Crippen LogP contribution >= 0.6 is 23.2 Å². The molecule has 0 spiro atoms. The lowest BCUT2D eigenvalue weighted by Gasteiger charge is -2.02. The standard InChI is InChI=1S/C16H10Cl2N2O2/c17-11-3-1-10(2-4-11)14-9-19-16(22-14)15(21)20-13-7-5-12(18)6-8-13/h1-9H,(H,20,21). The van der Waals surface area contributed by atoms with E-state index in [9.17, 15) is 4.79 Å². The number of halogens is 2. The Labute approximate surface area is 136 Å². The number of anilines is 1. The summed E-state index contributed by atoms with van der Waals surface area (Å²) in [5, 5.41) is 3.91. The van der Waals surface area contributed by atoms with Gasteiger partial charge in [0, 0.05) is 21.3 Å². The summed E-state index contributed by atoms with van der Waals surface area (Å²) in [7, 11) is 0. The van der Waals surface area contributed by atoms with Crippen LogP contribution in [0.4, 0.5) is 5.69 Å². The molecule has 1 N–H and O–H groups in total. The van der Waals surface area contributed by atoms with Gasteiger partial charge >= 0.3 is 5.91 Å². The van der Waals surface area contributed by atoms with Crippen LogP contribution in [0.15, 0.2) is 59.1 Å². The van der Waals surface area contributed by atoms with Crippen molar-refractivity contribution in [1.29, 1.82) is 0 Å². The molecular weight excluding hydrogens is 323 g/mol. The second kappa shape index (κ2) is 6.22. The van der Waals surface area contributed by atoms with Crippen LogP contribution in [-0.4, -0.2) is 10.9 Å². The number of aromatic nitrogens is 1. The van der Waals surface area contributed by atoms with Crippen molar-refractivity contribution in [3.8, 4) is 11.3 Å². The van der Waals surface area contributed by atoms with Gasteiger partial charge in [-0.3, -0.25) is 4.79 Å². The van der Waals surface area contributed by atoms with Crippen molar-refractivity contribution in [2.75, 3.05) is 5.32 Å². The molecule has 0 aliphatic carbocycles. The fourth-order valence-electron chi connectivity index (χ4n) is 1.84. The summed E-state index contributed by atoms with van der Waals surface area (Å²) in [5.41, 5.74) is 1.41. The maximum atomic E-state index is 12.1. The van der Waals surface area contributed by atoms with Gasteiger partial charge in [-0.25, -0.2) is 4.98 Å². The fraction of sp³-hybridized carbons (Fsp3) is 0. The van der Waals surface area contributed by atoms with Crippen LogP contribution in [0, 0.1) is 0 Å². The number of amides is 1. The molecule has 0 saturated heterocycles. The zero-order valence-corrected chi connectivity index (χ0v) is 12.7. The average Bonchev–Trinajstić information content (AvgIpc) is 3.00. The molecular formula is C16H10Cl2N2O2. The molecule has 1 aromatic heterocycles. The largest absolute Gasteiger partial charge is 0.432 e. The van der Waals surface area contributed by atoms with E-state index in [0.717, 1.165) is 5.56 Å². The van der Waals surface area contributed by atoms with Gasteiger partial charge in [0.05, 0.1) is 6.20 Å². The molecule has 110 valence electrons. The van der Waals surface area contributed by atoms with Gasteiger partial charge in [0.25, 0.3) is 5.89 Å². The van der Waals surface area contributed by atoms with Crippen molar-refractivity contribution in [2.45, 2.75) is 0 Å². The lowest BCUT2D eigenvalue weighted by molar-refractivity contribution is 0.0991. The second-order valence-corrected chi connectivity index (χ2v) is 5.37. The summed E-state index contributed by atoms with van der Waals surface area (Å²) >= 11 is 11.6. The molecule has 2 aromatic carbocycles. The molecule has 0 aliphatic heterocycles. The summed E-state index contributed by atoms with van der Waals surface area (Å²) in [6.45, 7) is 0. The van der Waals surface area contributed by atoms with E-state index in [0.29, 0.717) is 21.5 Å². The van der Waals surface area contributed by atoms with Crippen LogP contribution in [0.2, 0.25) is 10.0 Å². The highest BCUT2D eigenvalue weighted by Crippen LogP contribution is 2.23. The Morgan fingerprint density at radius 1 is 0.955 bits per heavy atom. The first-order valence-electron chi connectivity index (χ1n) is 6.40. The lowest BCUT2D eigenvalue weighted by Crippen LogP contribution is -2.11. The minimum atomic E-state index is -0.428. The molecule has 1 amide bonds. The molecule has 0 bridgehead atoms. The molecule has 3 aromatic rings. The van der Waals surface area contributed by atoms with Crippen molar-refractivity contribution in [1.82, 2.24) is 4.98 Å². The third-order valence-corrected chi connectivity index (χ3v) is 3.43. The van der Waals surface area contributed by atoms with Crippen molar-refractivity contribution >= 4 is 34.8 Å². The van der Waals surface area contributed by atoms with Crippen LogP contribution in [0.1, 0.15) is 10.7 Å². The predicted octanol–water partition coefficient (Wildman–Crippen LogP) is 4.90. The van der Waals surface area contributed by atoms with Crippen molar-refractivity contribution < 1.29 is 9.21 Å². The number of benzene rings is 2. The summed E-state index contributed by atoms with van der Waals surface area (Å²) in [5.74, 6) is 0.0559. The third-order valence-electron chi connectivity index (χ3n) is 2.93. The van der Waals surface area contributed by atoms with E-state index in [1.165, 1.54) is 6.20 Å². The lowest BCUT2D eigenvalue weighted by atomic mass is 10.2. The van der Waals surface area contributed by atoms with Gasteiger partial charge in [0.2, 0.25) is 0 Å². The smallest absolute Gasteiger partial charge is 0.311 e. The van der Waals surface area contributed by atoms with Gasteiger partial charge in [-0.05, 0) is 48.5 Å². The van der Waals surface area contributed by atoms with E-state index < -0.39 is 5.91 Å². The highest BCUT2D eigenvalue weighted by Gasteiger charge is 2.14. The number of rotatable bonds is 3. The van der Waals surface area contributed by atoms with E-state index in [-0.39, 0.29) is 5.89 Å². The predicted molar refractivity (Wildman–Crippen MR) is 86.4 cm³/mol. The Kier molecular flexibility index (Phi) is 4.13. The Balaban J connectivity index is 1.76. The van der Waals surface area contributed by atoms with Crippen LogP contribution in [0.25, 0.3) is 11.3 Å². The van der Waals surface area contributed by atoms with E-state index in [1.807, 2.05) is 0 Å².